The van der Waals surface area contributed by atoms with E-state index in [1.54, 1.807) is 91.0 Å². The Labute approximate surface area is 390 Å². The number of para-hydroxylation sites is 2. The van der Waals surface area contributed by atoms with Crippen molar-refractivity contribution in [1.29, 1.82) is 0 Å². The maximum absolute atomic E-state index is 13.6. The summed E-state index contributed by atoms with van der Waals surface area (Å²) in [5, 5.41) is 0. The average molecular weight is 947 g/mol. The number of amides is 2. The molecule has 17 heteroatoms. The van der Waals surface area contributed by atoms with Crippen LogP contribution in [0, 0.1) is 0 Å². The summed E-state index contributed by atoms with van der Waals surface area (Å²) >= 11 is 0. The molecule has 2 unspecified atom stereocenters. The summed E-state index contributed by atoms with van der Waals surface area (Å²) in [6.07, 6.45) is -8.18. The van der Waals surface area contributed by atoms with Gasteiger partial charge in [0.05, 0.1) is 46.7 Å². The fraction of sp³-hybridized carbons (Fsp3) is 0.255. The molecule has 0 aromatic heterocycles. The number of nitrogens with zero attached hydrogens (tertiary/aromatic N) is 2. The second-order valence-corrected chi connectivity index (χ2v) is 15.0. The number of hydrogen-bond acceptors (Lipinski definition) is 9. The van der Waals surface area contributed by atoms with Crippen LogP contribution in [0.4, 0.5) is 37.7 Å². The fourth-order valence-electron chi connectivity index (χ4n) is 7.16. The molecule has 2 amide bonds. The Morgan fingerprint density at radius 3 is 1.28 bits per heavy atom. The van der Waals surface area contributed by atoms with Crippen molar-refractivity contribution in [2.75, 3.05) is 58.4 Å². The van der Waals surface area contributed by atoms with E-state index in [0.29, 0.717) is 75.2 Å². The van der Waals surface area contributed by atoms with Gasteiger partial charge in [-0.1, -0.05) is 66.7 Å². The van der Waals surface area contributed by atoms with Crippen molar-refractivity contribution in [1.82, 2.24) is 0 Å². The molecule has 0 heterocycles. The zero-order chi connectivity index (χ0) is 49.6. The number of alkyl halides is 6. The number of rotatable bonds is 17. The number of carbonyl (C=O) groups is 2. The van der Waals surface area contributed by atoms with Gasteiger partial charge in [0.25, 0.3) is 0 Å². The highest BCUT2D eigenvalue weighted by Gasteiger charge is 2.32. The van der Waals surface area contributed by atoms with Gasteiger partial charge in [-0.3, -0.25) is 9.59 Å². The monoisotopic (exact) mass is 946 g/mol. The van der Waals surface area contributed by atoms with Crippen LogP contribution >= 0.6 is 0 Å². The molecule has 0 aliphatic heterocycles. The van der Waals surface area contributed by atoms with Crippen LogP contribution in [-0.2, 0) is 34.8 Å². The van der Waals surface area contributed by atoms with Crippen molar-refractivity contribution in [2.45, 2.75) is 37.3 Å². The Balaban J connectivity index is 0.000000255. The molecule has 2 atom stereocenters. The number of nitrogens with two attached hydrogens (primary N) is 2. The average Bonchev–Trinajstić information content (AvgIpc) is 3.35. The van der Waals surface area contributed by atoms with Gasteiger partial charge in [0.2, 0.25) is 11.8 Å². The molecule has 0 fully saturated rings. The number of ether oxygens (including phenoxy) is 5. The molecule has 0 saturated heterocycles. The Hall–Kier alpha value is -7.24. The lowest BCUT2D eigenvalue weighted by Crippen LogP contribution is -2.40. The number of carbonyl (C=O) groups excluding carboxylic acids is 2. The van der Waals surface area contributed by atoms with Gasteiger partial charge in [-0.25, -0.2) is 0 Å². The maximum Gasteiger partial charge on any atom is 0.416 e. The second kappa shape index (κ2) is 23.5. The molecule has 4 N–H and O–H groups in total. The smallest absolute Gasteiger partial charge is 0.416 e. The zero-order valence-corrected chi connectivity index (χ0v) is 37.9. The minimum absolute atomic E-state index is 0.169. The van der Waals surface area contributed by atoms with Crippen LogP contribution in [0.2, 0.25) is 0 Å². The first-order valence-corrected chi connectivity index (χ1v) is 21.0. The first kappa shape index (κ1) is 51.7. The van der Waals surface area contributed by atoms with Crippen molar-refractivity contribution < 1.29 is 59.6 Å². The van der Waals surface area contributed by atoms with Crippen molar-refractivity contribution >= 4 is 23.2 Å². The Bertz CT molecular complexity index is 2590. The largest absolute Gasteiger partial charge is 0.497 e. The Morgan fingerprint density at radius 1 is 0.471 bits per heavy atom. The van der Waals surface area contributed by atoms with E-state index in [9.17, 15) is 35.9 Å². The van der Waals surface area contributed by atoms with E-state index in [4.69, 9.17) is 35.2 Å². The summed E-state index contributed by atoms with van der Waals surface area (Å²) in [7, 11) is 7.50. The summed E-state index contributed by atoms with van der Waals surface area (Å²) in [6, 6.07) is 33.7. The lowest BCUT2D eigenvalue weighted by Gasteiger charge is -2.27. The van der Waals surface area contributed by atoms with E-state index in [2.05, 4.69) is 0 Å². The number of halogens is 6. The minimum Gasteiger partial charge on any atom is -0.497 e. The molecule has 0 bridgehead atoms. The minimum atomic E-state index is -4.41. The third-order valence-corrected chi connectivity index (χ3v) is 10.9. The summed E-state index contributed by atoms with van der Waals surface area (Å²) in [5.74, 6) is 1.65. The summed E-state index contributed by atoms with van der Waals surface area (Å²) in [5.41, 5.74) is 14.7. The first-order valence-electron chi connectivity index (χ1n) is 21.0. The van der Waals surface area contributed by atoms with Gasteiger partial charge in [0.1, 0.15) is 29.3 Å². The quantitative estimate of drug-likeness (QED) is 0.0856. The van der Waals surface area contributed by atoms with E-state index < -0.39 is 41.5 Å². The highest BCUT2D eigenvalue weighted by atomic mass is 19.4. The van der Waals surface area contributed by atoms with Gasteiger partial charge in [-0.15, -0.1) is 0 Å². The Morgan fingerprint density at radius 2 is 0.882 bits per heavy atom. The van der Waals surface area contributed by atoms with E-state index in [1.807, 2.05) is 0 Å². The van der Waals surface area contributed by atoms with Crippen molar-refractivity contribution in [3.05, 3.63) is 173 Å². The predicted octanol–water partition coefficient (Wildman–Crippen LogP) is 10.0. The topological polar surface area (TPSA) is 139 Å². The normalized spacial score (nSPS) is 12.1. The van der Waals surface area contributed by atoms with Crippen molar-refractivity contribution in [3.63, 3.8) is 0 Å². The molecule has 68 heavy (non-hydrogen) atoms. The highest BCUT2D eigenvalue weighted by Crippen LogP contribution is 2.35. The standard InChI is InChI=1S/C26H27F3N2O4.C25H25F3N2O3/c1-33-21-7-5-4-6-20(21)24(30)25(32)31(19-12-13-22(34-2)23(16-19)35-3)15-14-17-8-10-18(11-9-17)26(27,28)29;1-32-20-7-5-6-19(16-20)30(15-14-17-10-12-18(13-11-17)25(26,27)28)24(31)23(29)21-8-3-4-9-22(21)33-2/h4-13,16,24H,14-15,30H2,1-3H3;3-13,16,23H,14-15,29H2,1-2H3. The number of benzene rings is 6. The molecule has 6 aromatic carbocycles. The third kappa shape index (κ3) is 13.2. The Kier molecular flexibility index (Phi) is 17.9. The van der Waals surface area contributed by atoms with Crippen LogP contribution < -0.4 is 45.0 Å². The summed E-state index contributed by atoms with van der Waals surface area (Å²) in [4.78, 5) is 30.1. The van der Waals surface area contributed by atoms with E-state index in [1.165, 1.54) is 69.6 Å². The van der Waals surface area contributed by atoms with Gasteiger partial charge in [0.15, 0.2) is 11.5 Å². The lowest BCUT2D eigenvalue weighted by atomic mass is 10.0. The van der Waals surface area contributed by atoms with Gasteiger partial charge >= 0.3 is 12.4 Å². The molecule has 360 valence electrons. The van der Waals surface area contributed by atoms with Crippen LogP contribution in [0.3, 0.4) is 0 Å². The molecule has 6 aromatic rings. The molecule has 11 nitrogen and oxygen atoms in total. The van der Waals surface area contributed by atoms with Gasteiger partial charge in [-0.2, -0.15) is 26.3 Å². The zero-order valence-electron chi connectivity index (χ0n) is 37.9. The summed E-state index contributed by atoms with van der Waals surface area (Å²) in [6.45, 7) is 0.378. The molecule has 0 saturated carbocycles. The van der Waals surface area contributed by atoms with Crippen LogP contribution in [-0.4, -0.2) is 60.5 Å². The predicted molar refractivity (Wildman–Crippen MR) is 247 cm³/mol. The van der Waals surface area contributed by atoms with Gasteiger partial charge < -0.3 is 45.0 Å². The molecule has 6 rings (SSSR count). The number of hydrogen-bond donors (Lipinski definition) is 2. The maximum atomic E-state index is 13.6. The van der Waals surface area contributed by atoms with E-state index >= 15 is 0 Å². The molecule has 0 radical (unpaired) electrons. The van der Waals surface area contributed by atoms with Crippen molar-refractivity contribution in [3.8, 4) is 28.7 Å². The SMILES string of the molecule is COc1ccc(N(CCc2ccc(C(F)(F)F)cc2)C(=O)C(N)c2ccccc2OC)cc1OC.COc1cccc(N(CCc2ccc(C(F)(F)F)cc2)C(=O)C(N)c2ccccc2OC)c1. The number of methoxy groups -OCH3 is 5. The van der Waals surface area contributed by atoms with E-state index in [-0.39, 0.29) is 19.0 Å². The lowest BCUT2D eigenvalue weighted by molar-refractivity contribution is -0.138. The van der Waals surface area contributed by atoms with E-state index in [0.717, 1.165) is 24.3 Å². The van der Waals surface area contributed by atoms with Gasteiger partial charge in [0, 0.05) is 47.7 Å². The number of anilines is 2. The molecule has 0 spiro atoms. The molecular formula is C51H52F6N4O7. The van der Waals surface area contributed by atoms with Crippen LogP contribution in [0.1, 0.15) is 45.5 Å². The van der Waals surface area contributed by atoms with Crippen LogP contribution in [0.25, 0.3) is 0 Å². The fourth-order valence-corrected chi connectivity index (χ4v) is 7.16. The van der Waals surface area contributed by atoms with Crippen LogP contribution in [0.5, 0.6) is 28.7 Å². The third-order valence-electron chi connectivity index (χ3n) is 10.9. The molecule has 0 aliphatic carbocycles. The van der Waals surface area contributed by atoms with Gasteiger partial charge in [-0.05, 0) is 84.6 Å². The van der Waals surface area contributed by atoms with Crippen LogP contribution in [0.15, 0.2) is 140 Å². The highest BCUT2D eigenvalue weighted by molar-refractivity contribution is 5.99. The summed E-state index contributed by atoms with van der Waals surface area (Å²) < 4.78 is 104. The molecule has 0 aliphatic rings. The van der Waals surface area contributed by atoms with Crippen molar-refractivity contribution in [2.24, 2.45) is 11.5 Å². The first-order chi connectivity index (χ1) is 32.4. The second-order valence-electron chi connectivity index (χ2n) is 15.0. The molecular weight excluding hydrogens is 895 g/mol.